The Morgan fingerprint density at radius 2 is 2.23 bits per heavy atom. The molecule has 6 nitrogen and oxygen atoms in total. The summed E-state index contributed by atoms with van der Waals surface area (Å²) in [5.74, 6) is 0. The number of halogens is 1. The Labute approximate surface area is 132 Å². The summed E-state index contributed by atoms with van der Waals surface area (Å²) in [6.45, 7) is 0.771. The molecule has 0 saturated carbocycles. The molecule has 1 atom stereocenters. The highest BCUT2D eigenvalue weighted by Gasteiger charge is 2.22. The predicted molar refractivity (Wildman–Crippen MR) is 83.6 cm³/mol. The molecular formula is C15H16ClN5O. The van der Waals surface area contributed by atoms with Crippen LogP contribution in [0.1, 0.15) is 25.5 Å². The summed E-state index contributed by atoms with van der Waals surface area (Å²) in [5.41, 5.74) is 2.78. The van der Waals surface area contributed by atoms with Crippen LogP contribution in [0.15, 0.2) is 24.7 Å². The van der Waals surface area contributed by atoms with Gasteiger partial charge in [-0.25, -0.2) is 9.67 Å². The molecule has 0 N–H and O–H groups in total. The first-order valence-electron chi connectivity index (χ1n) is 7.37. The maximum absolute atomic E-state index is 6.08. The van der Waals surface area contributed by atoms with Gasteiger partial charge in [0.25, 0.3) is 0 Å². The molecule has 0 aromatic carbocycles. The zero-order valence-corrected chi connectivity index (χ0v) is 13.0. The van der Waals surface area contributed by atoms with Gasteiger partial charge in [-0.2, -0.15) is 10.2 Å². The molecule has 1 fully saturated rings. The van der Waals surface area contributed by atoms with E-state index >= 15 is 0 Å². The highest BCUT2D eigenvalue weighted by atomic mass is 35.5. The van der Waals surface area contributed by atoms with Gasteiger partial charge in [0.15, 0.2) is 6.23 Å². The molecular weight excluding hydrogens is 302 g/mol. The number of aromatic nitrogens is 5. The first kappa shape index (κ1) is 13.7. The maximum Gasteiger partial charge on any atom is 0.150 e. The van der Waals surface area contributed by atoms with E-state index < -0.39 is 0 Å². The summed E-state index contributed by atoms with van der Waals surface area (Å²) in [6.07, 6.45) is 8.70. The fourth-order valence-electron chi connectivity index (χ4n) is 2.90. The Hall–Kier alpha value is -1.92. The summed E-state index contributed by atoms with van der Waals surface area (Å²) >= 11 is 6.08. The minimum absolute atomic E-state index is 0.0415. The Kier molecular flexibility index (Phi) is 3.35. The van der Waals surface area contributed by atoms with Crippen molar-refractivity contribution in [1.82, 2.24) is 24.5 Å². The number of ether oxygens (including phenoxy) is 1. The van der Waals surface area contributed by atoms with E-state index in [2.05, 4.69) is 10.1 Å². The molecule has 1 saturated heterocycles. The van der Waals surface area contributed by atoms with Crippen LogP contribution in [-0.2, 0) is 11.8 Å². The van der Waals surface area contributed by atoms with Crippen molar-refractivity contribution in [2.24, 2.45) is 7.05 Å². The van der Waals surface area contributed by atoms with Gasteiger partial charge in [0.1, 0.15) is 10.8 Å². The lowest BCUT2D eigenvalue weighted by Gasteiger charge is -2.23. The topological polar surface area (TPSA) is 57.8 Å². The molecule has 0 amide bonds. The van der Waals surface area contributed by atoms with Gasteiger partial charge in [0.05, 0.1) is 11.7 Å². The Morgan fingerprint density at radius 3 is 2.95 bits per heavy atom. The van der Waals surface area contributed by atoms with E-state index in [4.69, 9.17) is 21.4 Å². The van der Waals surface area contributed by atoms with Crippen molar-refractivity contribution < 1.29 is 4.74 Å². The van der Waals surface area contributed by atoms with Crippen molar-refractivity contribution in [2.75, 3.05) is 6.61 Å². The molecule has 7 heteroatoms. The molecule has 0 spiro atoms. The summed E-state index contributed by atoms with van der Waals surface area (Å²) < 4.78 is 9.58. The van der Waals surface area contributed by atoms with Gasteiger partial charge < -0.3 is 4.74 Å². The van der Waals surface area contributed by atoms with E-state index in [-0.39, 0.29) is 6.23 Å². The molecule has 1 aliphatic rings. The number of aryl methyl sites for hydroxylation is 1. The molecule has 0 aliphatic carbocycles. The van der Waals surface area contributed by atoms with Gasteiger partial charge in [-0.1, -0.05) is 11.6 Å². The van der Waals surface area contributed by atoms with Gasteiger partial charge in [-0.05, 0) is 19.3 Å². The SMILES string of the molecule is Cn1cc(-c2nn(C3CCCCO3)c3cc(Cl)ncc23)cn1. The van der Waals surface area contributed by atoms with Crippen LogP contribution in [0.25, 0.3) is 22.2 Å². The molecule has 1 unspecified atom stereocenters. The lowest BCUT2D eigenvalue weighted by Crippen LogP contribution is -2.19. The third kappa shape index (κ3) is 2.28. The standard InChI is InChI=1S/C15H16ClN5O/c1-20-9-10(7-18-20)15-11-8-17-13(16)6-12(11)21(19-15)14-4-2-3-5-22-14/h6-9,14H,2-5H2,1H3. The van der Waals surface area contributed by atoms with E-state index in [1.807, 2.05) is 30.2 Å². The summed E-state index contributed by atoms with van der Waals surface area (Å²) in [5, 5.41) is 10.4. The van der Waals surface area contributed by atoms with E-state index in [1.54, 1.807) is 10.9 Å². The van der Waals surface area contributed by atoms with Gasteiger partial charge >= 0.3 is 0 Å². The average molecular weight is 318 g/mol. The second-order valence-corrected chi connectivity index (χ2v) is 5.93. The quantitative estimate of drug-likeness (QED) is 0.681. The largest absolute Gasteiger partial charge is 0.356 e. The first-order chi connectivity index (χ1) is 10.7. The third-order valence-electron chi connectivity index (χ3n) is 3.97. The van der Waals surface area contributed by atoms with Crippen LogP contribution in [0.5, 0.6) is 0 Å². The average Bonchev–Trinajstić information content (AvgIpc) is 3.11. The molecule has 4 heterocycles. The van der Waals surface area contributed by atoms with E-state index in [9.17, 15) is 0 Å². The lowest BCUT2D eigenvalue weighted by atomic mass is 10.1. The number of pyridine rings is 1. The highest BCUT2D eigenvalue weighted by molar-refractivity contribution is 6.30. The Balaban J connectivity index is 1.90. The zero-order valence-electron chi connectivity index (χ0n) is 12.2. The van der Waals surface area contributed by atoms with Crippen molar-refractivity contribution in [3.8, 4) is 11.3 Å². The number of fused-ring (bicyclic) bond motifs is 1. The predicted octanol–water partition coefficient (Wildman–Crippen LogP) is 3.18. The highest BCUT2D eigenvalue weighted by Crippen LogP contribution is 2.33. The van der Waals surface area contributed by atoms with E-state index in [1.165, 1.54) is 0 Å². The summed E-state index contributed by atoms with van der Waals surface area (Å²) in [6, 6.07) is 1.85. The number of nitrogens with zero attached hydrogens (tertiary/aromatic N) is 5. The van der Waals surface area contributed by atoms with Crippen LogP contribution >= 0.6 is 11.6 Å². The van der Waals surface area contributed by atoms with Crippen molar-refractivity contribution in [2.45, 2.75) is 25.5 Å². The summed E-state index contributed by atoms with van der Waals surface area (Å²) in [4.78, 5) is 4.20. The van der Waals surface area contributed by atoms with Crippen LogP contribution in [0.4, 0.5) is 0 Å². The molecule has 0 radical (unpaired) electrons. The van der Waals surface area contributed by atoms with E-state index in [0.29, 0.717) is 5.15 Å². The van der Waals surface area contributed by atoms with Crippen molar-refractivity contribution in [1.29, 1.82) is 0 Å². The number of hydrogen-bond acceptors (Lipinski definition) is 4. The maximum atomic E-state index is 6.08. The van der Waals surface area contributed by atoms with Gasteiger partial charge in [0.2, 0.25) is 0 Å². The number of rotatable bonds is 2. The monoisotopic (exact) mass is 317 g/mol. The third-order valence-corrected chi connectivity index (χ3v) is 4.17. The molecule has 0 bridgehead atoms. The molecule has 22 heavy (non-hydrogen) atoms. The molecule has 1 aliphatic heterocycles. The Bertz CT molecular complexity index is 819. The normalized spacial score (nSPS) is 18.9. The second-order valence-electron chi connectivity index (χ2n) is 5.54. The minimum atomic E-state index is -0.0415. The van der Waals surface area contributed by atoms with Crippen LogP contribution in [0.3, 0.4) is 0 Å². The van der Waals surface area contributed by atoms with Gasteiger partial charge in [-0.3, -0.25) is 4.68 Å². The van der Waals surface area contributed by atoms with Crippen molar-refractivity contribution in [3.63, 3.8) is 0 Å². The van der Waals surface area contributed by atoms with Crippen molar-refractivity contribution >= 4 is 22.5 Å². The second kappa shape index (κ2) is 5.37. The fraction of sp³-hybridized carbons (Fsp3) is 0.400. The van der Waals surface area contributed by atoms with Crippen LogP contribution in [-0.4, -0.2) is 31.2 Å². The first-order valence-corrected chi connectivity index (χ1v) is 7.74. The summed E-state index contributed by atoms with van der Waals surface area (Å²) in [7, 11) is 1.89. The minimum Gasteiger partial charge on any atom is -0.356 e. The molecule has 3 aromatic rings. The van der Waals surface area contributed by atoms with Crippen LogP contribution < -0.4 is 0 Å². The van der Waals surface area contributed by atoms with E-state index in [0.717, 1.165) is 48.0 Å². The van der Waals surface area contributed by atoms with Gasteiger partial charge in [-0.15, -0.1) is 0 Å². The van der Waals surface area contributed by atoms with Crippen molar-refractivity contribution in [3.05, 3.63) is 29.8 Å². The van der Waals surface area contributed by atoms with Gasteiger partial charge in [0, 0.05) is 43.1 Å². The molecule has 3 aromatic heterocycles. The van der Waals surface area contributed by atoms with Crippen LogP contribution in [0, 0.1) is 0 Å². The number of hydrogen-bond donors (Lipinski definition) is 0. The zero-order chi connectivity index (χ0) is 15.1. The van der Waals surface area contributed by atoms with Crippen LogP contribution in [0.2, 0.25) is 5.15 Å². The fourth-order valence-corrected chi connectivity index (χ4v) is 3.05. The lowest BCUT2D eigenvalue weighted by molar-refractivity contribution is -0.0365. The molecule has 114 valence electrons. The molecule has 4 rings (SSSR count). The smallest absolute Gasteiger partial charge is 0.150 e. The Morgan fingerprint density at radius 1 is 1.32 bits per heavy atom.